The largest absolute Gasteiger partial charge is 0.390 e. The molecule has 1 aromatic carbocycles. The summed E-state index contributed by atoms with van der Waals surface area (Å²) in [7, 11) is 0. The Balaban J connectivity index is 1.23. The summed E-state index contributed by atoms with van der Waals surface area (Å²) in [6, 6.07) is 11.3. The van der Waals surface area contributed by atoms with Crippen molar-refractivity contribution in [1.82, 2.24) is 9.80 Å². The molecule has 5 heteroatoms. The maximum absolute atomic E-state index is 13.5. The van der Waals surface area contributed by atoms with Crippen LogP contribution in [-0.2, 0) is 11.3 Å². The SMILES string of the molecule is O=C1N2CCCC2C(COCc2ccccc2)N1C1C2CC3CC1CC(O)(C3)C2. The lowest BCUT2D eigenvalue weighted by atomic mass is 9.52. The average Bonchev–Trinajstić information content (AvgIpc) is 3.26. The van der Waals surface area contributed by atoms with Gasteiger partial charge in [-0.2, -0.15) is 0 Å². The molecule has 6 aliphatic rings. The minimum absolute atomic E-state index is 0.158. The number of hydrogen-bond donors (Lipinski definition) is 1. The van der Waals surface area contributed by atoms with E-state index in [1.807, 2.05) is 18.2 Å². The minimum atomic E-state index is -0.453. The third kappa shape index (κ3) is 2.92. The molecular weight excluding hydrogens is 364 g/mol. The fraction of sp³-hybridized carbons (Fsp3) is 0.708. The Hall–Kier alpha value is -1.59. The first kappa shape index (κ1) is 18.2. The van der Waals surface area contributed by atoms with Gasteiger partial charge in [0, 0.05) is 12.6 Å². The van der Waals surface area contributed by atoms with Crippen molar-refractivity contribution in [3.63, 3.8) is 0 Å². The van der Waals surface area contributed by atoms with Crippen molar-refractivity contribution in [2.75, 3.05) is 13.2 Å². The van der Waals surface area contributed by atoms with E-state index in [4.69, 9.17) is 4.74 Å². The molecule has 0 aromatic heterocycles. The van der Waals surface area contributed by atoms with Crippen LogP contribution in [0.3, 0.4) is 0 Å². The molecule has 4 atom stereocenters. The molecule has 1 N–H and O–H groups in total. The average molecular weight is 397 g/mol. The molecule has 0 spiro atoms. The molecule has 0 radical (unpaired) electrons. The van der Waals surface area contributed by atoms with Crippen molar-refractivity contribution < 1.29 is 14.6 Å². The van der Waals surface area contributed by atoms with Crippen molar-refractivity contribution in [3.05, 3.63) is 35.9 Å². The van der Waals surface area contributed by atoms with E-state index in [9.17, 15) is 9.90 Å². The van der Waals surface area contributed by atoms with Gasteiger partial charge in [-0.15, -0.1) is 0 Å². The number of fused-ring (bicyclic) bond motifs is 1. The zero-order chi connectivity index (χ0) is 19.6. The summed E-state index contributed by atoms with van der Waals surface area (Å²) in [5, 5.41) is 11.0. The lowest BCUT2D eigenvalue weighted by Gasteiger charge is -2.60. The van der Waals surface area contributed by atoms with E-state index in [1.54, 1.807) is 0 Å². The van der Waals surface area contributed by atoms with Gasteiger partial charge in [0.05, 0.1) is 30.9 Å². The van der Waals surface area contributed by atoms with Crippen molar-refractivity contribution in [2.24, 2.45) is 17.8 Å². The first-order chi connectivity index (χ1) is 14.1. The van der Waals surface area contributed by atoms with Crippen LogP contribution in [0.2, 0.25) is 0 Å². The number of carbonyl (C=O) groups is 1. The Kier molecular flexibility index (Phi) is 4.21. The Bertz CT molecular complexity index is 768. The summed E-state index contributed by atoms with van der Waals surface area (Å²) in [6.45, 7) is 2.11. The molecule has 7 rings (SSSR count). The maximum Gasteiger partial charge on any atom is 0.321 e. The summed E-state index contributed by atoms with van der Waals surface area (Å²) in [5.41, 5.74) is 0.731. The van der Waals surface area contributed by atoms with Gasteiger partial charge < -0.3 is 19.6 Å². The summed E-state index contributed by atoms with van der Waals surface area (Å²) >= 11 is 0. The van der Waals surface area contributed by atoms with Crippen LogP contribution in [0.4, 0.5) is 4.79 Å². The number of benzene rings is 1. The summed E-state index contributed by atoms with van der Waals surface area (Å²) in [4.78, 5) is 17.8. The molecular formula is C24H32N2O3. The van der Waals surface area contributed by atoms with Crippen molar-refractivity contribution in [2.45, 2.75) is 75.3 Å². The van der Waals surface area contributed by atoms with Gasteiger partial charge in [0.1, 0.15) is 0 Å². The number of rotatable bonds is 5. The first-order valence-corrected chi connectivity index (χ1v) is 11.5. The second kappa shape index (κ2) is 6.71. The normalized spacial score (nSPS) is 42.7. The van der Waals surface area contributed by atoms with Crippen LogP contribution in [-0.4, -0.2) is 57.8 Å². The van der Waals surface area contributed by atoms with Crippen LogP contribution in [0.25, 0.3) is 0 Å². The standard InChI is InChI=1S/C24H32N2O3/c27-23-25-8-4-7-20(25)21(15-29-14-16-5-2-1-3-6-16)26(23)22-18-9-17-10-19(22)13-24(28,11-17)12-18/h1-3,5-6,17-22,28H,4,7-15H2. The van der Waals surface area contributed by atoms with Crippen LogP contribution < -0.4 is 0 Å². The Morgan fingerprint density at radius 3 is 2.59 bits per heavy atom. The number of carbonyl (C=O) groups excluding carboxylic acids is 1. The van der Waals surface area contributed by atoms with E-state index in [0.717, 1.165) is 38.6 Å². The van der Waals surface area contributed by atoms with E-state index in [1.165, 1.54) is 18.4 Å². The molecule has 4 bridgehead atoms. The molecule has 156 valence electrons. The number of amides is 2. The van der Waals surface area contributed by atoms with Crippen LogP contribution >= 0.6 is 0 Å². The highest BCUT2D eigenvalue weighted by Gasteiger charge is 2.60. The highest BCUT2D eigenvalue weighted by Crippen LogP contribution is 2.58. The third-order valence-electron chi connectivity index (χ3n) is 8.48. The Labute approximate surface area is 173 Å². The van der Waals surface area contributed by atoms with Crippen molar-refractivity contribution in [3.8, 4) is 0 Å². The van der Waals surface area contributed by atoms with Gasteiger partial charge in [-0.1, -0.05) is 30.3 Å². The molecule has 2 amide bonds. The third-order valence-corrected chi connectivity index (χ3v) is 8.48. The summed E-state index contributed by atoms with van der Waals surface area (Å²) in [5.74, 6) is 1.60. The molecule has 4 saturated carbocycles. The number of aliphatic hydroxyl groups is 1. The number of hydrogen-bond acceptors (Lipinski definition) is 3. The van der Waals surface area contributed by atoms with Gasteiger partial charge in [-0.05, 0) is 68.3 Å². The van der Waals surface area contributed by atoms with Gasteiger partial charge in [-0.3, -0.25) is 0 Å². The highest BCUT2D eigenvalue weighted by atomic mass is 16.5. The second-order valence-corrected chi connectivity index (χ2v) is 10.3. The minimum Gasteiger partial charge on any atom is -0.390 e. The molecule has 5 nitrogen and oxygen atoms in total. The highest BCUT2D eigenvalue weighted by molar-refractivity contribution is 5.79. The molecule has 2 saturated heterocycles. The summed E-state index contributed by atoms with van der Waals surface area (Å²) < 4.78 is 6.18. The van der Waals surface area contributed by atoms with Crippen LogP contribution in [0, 0.1) is 17.8 Å². The molecule has 1 aromatic rings. The van der Waals surface area contributed by atoms with Crippen LogP contribution in [0.5, 0.6) is 0 Å². The van der Waals surface area contributed by atoms with E-state index >= 15 is 0 Å². The predicted molar refractivity (Wildman–Crippen MR) is 109 cm³/mol. The fourth-order valence-corrected chi connectivity index (χ4v) is 7.73. The van der Waals surface area contributed by atoms with Crippen molar-refractivity contribution >= 4 is 6.03 Å². The lowest BCUT2D eigenvalue weighted by molar-refractivity contribution is -0.158. The molecule has 6 fully saturated rings. The Morgan fingerprint density at radius 2 is 1.86 bits per heavy atom. The van der Waals surface area contributed by atoms with Crippen molar-refractivity contribution in [1.29, 1.82) is 0 Å². The van der Waals surface area contributed by atoms with Crippen LogP contribution in [0.15, 0.2) is 30.3 Å². The number of nitrogens with zero attached hydrogens (tertiary/aromatic N) is 2. The van der Waals surface area contributed by atoms with Gasteiger partial charge >= 0.3 is 6.03 Å². The van der Waals surface area contributed by atoms with Gasteiger partial charge in [0.2, 0.25) is 0 Å². The van der Waals surface area contributed by atoms with E-state index in [2.05, 4.69) is 21.9 Å². The smallest absolute Gasteiger partial charge is 0.321 e. The zero-order valence-electron chi connectivity index (χ0n) is 17.1. The maximum atomic E-state index is 13.5. The van der Waals surface area contributed by atoms with E-state index in [-0.39, 0.29) is 12.1 Å². The predicted octanol–water partition coefficient (Wildman–Crippen LogP) is 3.41. The van der Waals surface area contributed by atoms with E-state index in [0.29, 0.717) is 43.1 Å². The topological polar surface area (TPSA) is 53.0 Å². The molecule has 29 heavy (non-hydrogen) atoms. The number of urea groups is 1. The number of ether oxygens (including phenoxy) is 1. The summed E-state index contributed by atoms with van der Waals surface area (Å²) in [6.07, 6.45) is 7.34. The van der Waals surface area contributed by atoms with E-state index < -0.39 is 5.60 Å². The molecule has 2 heterocycles. The van der Waals surface area contributed by atoms with Crippen LogP contribution in [0.1, 0.15) is 50.5 Å². The molecule has 2 aliphatic heterocycles. The first-order valence-electron chi connectivity index (χ1n) is 11.5. The quantitative estimate of drug-likeness (QED) is 0.830. The van der Waals surface area contributed by atoms with Gasteiger partial charge in [0.25, 0.3) is 0 Å². The lowest BCUT2D eigenvalue weighted by Crippen LogP contribution is -2.64. The zero-order valence-corrected chi connectivity index (χ0v) is 17.1. The monoisotopic (exact) mass is 396 g/mol. The van der Waals surface area contributed by atoms with Gasteiger partial charge in [-0.25, -0.2) is 4.79 Å². The molecule has 4 unspecified atom stereocenters. The Morgan fingerprint density at radius 1 is 1.10 bits per heavy atom. The molecule has 4 aliphatic carbocycles. The fourth-order valence-electron chi connectivity index (χ4n) is 7.73. The second-order valence-electron chi connectivity index (χ2n) is 10.3. The van der Waals surface area contributed by atoms with Gasteiger partial charge in [0.15, 0.2) is 0 Å².